The summed E-state index contributed by atoms with van der Waals surface area (Å²) < 4.78 is 12.7. The maximum absolute atomic E-state index is 13.3. The van der Waals surface area contributed by atoms with Crippen LogP contribution in [0.1, 0.15) is 12.0 Å². The highest BCUT2D eigenvalue weighted by Gasteiger charge is 2.33. The monoisotopic (exact) mass is 541 g/mol. The van der Waals surface area contributed by atoms with Crippen LogP contribution in [-0.2, 0) is 16.1 Å². The number of aromatic nitrogens is 4. The number of rotatable bonds is 10. The summed E-state index contributed by atoms with van der Waals surface area (Å²) in [5, 5.41) is 2.98. The Bertz CT molecular complexity index is 1400. The zero-order chi connectivity index (χ0) is 27.7. The minimum Gasteiger partial charge on any atom is -0.497 e. The molecule has 1 saturated heterocycles. The van der Waals surface area contributed by atoms with Crippen LogP contribution in [0.3, 0.4) is 0 Å². The van der Waals surface area contributed by atoms with Crippen molar-refractivity contribution in [1.82, 2.24) is 29.7 Å². The van der Waals surface area contributed by atoms with Gasteiger partial charge in [-0.25, -0.2) is 9.97 Å². The molecule has 2 amide bonds. The van der Waals surface area contributed by atoms with Gasteiger partial charge in [0.25, 0.3) is 5.91 Å². The van der Waals surface area contributed by atoms with E-state index in [-0.39, 0.29) is 30.9 Å². The third kappa shape index (κ3) is 6.73. The molecule has 2 aromatic carbocycles. The highest BCUT2D eigenvalue weighted by atomic mass is 16.5. The van der Waals surface area contributed by atoms with Crippen LogP contribution in [-0.4, -0.2) is 75.6 Å². The number of benzene rings is 2. The Labute approximate surface area is 232 Å². The van der Waals surface area contributed by atoms with Gasteiger partial charge in [-0.1, -0.05) is 30.3 Å². The minimum atomic E-state index is -0.372. The number of imidazole rings is 1. The number of hydrogen-bond donors (Lipinski definition) is 1. The molecular formula is C29H31N7O4. The van der Waals surface area contributed by atoms with Crippen LogP contribution >= 0.6 is 0 Å². The van der Waals surface area contributed by atoms with Gasteiger partial charge in [-0.2, -0.15) is 4.98 Å². The molecule has 1 atom stereocenters. The summed E-state index contributed by atoms with van der Waals surface area (Å²) in [5.74, 6) is 2.28. The van der Waals surface area contributed by atoms with Gasteiger partial charge >= 0.3 is 0 Å². The smallest absolute Gasteiger partial charge is 0.260 e. The van der Waals surface area contributed by atoms with Gasteiger partial charge < -0.3 is 24.6 Å². The van der Waals surface area contributed by atoms with E-state index in [1.54, 1.807) is 41.5 Å². The average molecular weight is 542 g/mol. The molecule has 0 spiro atoms. The molecule has 3 heterocycles. The first-order chi connectivity index (χ1) is 19.6. The fraction of sp³-hybridized carbons (Fsp3) is 0.276. The maximum atomic E-state index is 13.3. The highest BCUT2D eigenvalue weighted by molar-refractivity contribution is 5.81. The van der Waals surface area contributed by atoms with E-state index < -0.39 is 0 Å². The van der Waals surface area contributed by atoms with Crippen molar-refractivity contribution in [2.45, 2.75) is 19.0 Å². The Morgan fingerprint density at radius 3 is 2.58 bits per heavy atom. The zero-order valence-corrected chi connectivity index (χ0v) is 22.2. The van der Waals surface area contributed by atoms with E-state index in [4.69, 9.17) is 9.47 Å². The fourth-order valence-corrected chi connectivity index (χ4v) is 4.56. The second kappa shape index (κ2) is 12.7. The lowest BCUT2D eigenvalue weighted by Gasteiger charge is -2.41. The number of nitrogens with zero attached hydrogens (tertiary/aromatic N) is 6. The van der Waals surface area contributed by atoms with Crippen molar-refractivity contribution in [3.63, 3.8) is 0 Å². The maximum Gasteiger partial charge on any atom is 0.260 e. The minimum absolute atomic E-state index is 0.105. The van der Waals surface area contributed by atoms with E-state index in [0.29, 0.717) is 37.9 Å². The van der Waals surface area contributed by atoms with Crippen molar-refractivity contribution < 1.29 is 19.1 Å². The molecule has 11 nitrogen and oxygen atoms in total. The molecule has 1 N–H and O–H groups in total. The van der Waals surface area contributed by atoms with Crippen LogP contribution in [0.2, 0.25) is 0 Å². The van der Waals surface area contributed by atoms with Crippen LogP contribution in [0.15, 0.2) is 85.6 Å². The predicted octanol–water partition coefficient (Wildman–Crippen LogP) is 2.47. The average Bonchev–Trinajstić information content (AvgIpc) is 3.55. The van der Waals surface area contributed by atoms with E-state index in [1.807, 2.05) is 60.7 Å². The number of amides is 2. The lowest BCUT2D eigenvalue weighted by Crippen LogP contribution is -2.57. The van der Waals surface area contributed by atoms with Crippen molar-refractivity contribution in [2.75, 3.05) is 38.3 Å². The zero-order valence-electron chi connectivity index (χ0n) is 22.2. The molecule has 0 aliphatic carbocycles. The number of ether oxygens (including phenoxy) is 2. The molecule has 1 aliphatic rings. The van der Waals surface area contributed by atoms with Crippen LogP contribution in [0.5, 0.6) is 11.5 Å². The topological polar surface area (TPSA) is 115 Å². The van der Waals surface area contributed by atoms with Gasteiger partial charge in [-0.05, 0) is 35.9 Å². The molecule has 2 aromatic heterocycles. The van der Waals surface area contributed by atoms with Crippen LogP contribution < -0.4 is 19.7 Å². The van der Waals surface area contributed by atoms with Gasteiger partial charge in [0, 0.05) is 51.2 Å². The molecule has 0 saturated carbocycles. The van der Waals surface area contributed by atoms with Gasteiger partial charge in [-0.15, -0.1) is 0 Å². The third-order valence-corrected chi connectivity index (χ3v) is 6.67. The Kier molecular flexibility index (Phi) is 8.50. The molecule has 1 unspecified atom stereocenters. The third-order valence-electron chi connectivity index (χ3n) is 6.67. The number of piperazine rings is 1. The first-order valence-corrected chi connectivity index (χ1v) is 13.0. The molecule has 5 rings (SSSR count). The molecule has 0 bridgehead atoms. The van der Waals surface area contributed by atoms with Crippen molar-refractivity contribution >= 4 is 17.6 Å². The van der Waals surface area contributed by atoms with E-state index in [9.17, 15) is 9.59 Å². The lowest BCUT2D eigenvalue weighted by atomic mass is 10.1. The molecule has 206 valence electrons. The van der Waals surface area contributed by atoms with E-state index in [1.165, 1.54) is 0 Å². The first kappa shape index (κ1) is 26.7. The predicted molar refractivity (Wildman–Crippen MR) is 148 cm³/mol. The number of para-hydroxylation sites is 1. The summed E-state index contributed by atoms with van der Waals surface area (Å²) >= 11 is 0. The van der Waals surface area contributed by atoms with Gasteiger partial charge in [0.05, 0.1) is 13.2 Å². The van der Waals surface area contributed by atoms with Gasteiger partial charge in [-0.3, -0.25) is 14.2 Å². The Morgan fingerprint density at radius 1 is 1.00 bits per heavy atom. The SMILES string of the molecule is COc1ccc(CNC(=O)CC2CN(c3ccnc(-n4ccnc4)n3)CCN2C(=O)COc2ccccc2)cc1. The highest BCUT2D eigenvalue weighted by Crippen LogP contribution is 2.21. The van der Waals surface area contributed by atoms with Gasteiger partial charge in [0.1, 0.15) is 23.6 Å². The largest absolute Gasteiger partial charge is 0.497 e. The van der Waals surface area contributed by atoms with Crippen molar-refractivity contribution in [3.05, 3.63) is 91.1 Å². The molecule has 1 aliphatic heterocycles. The van der Waals surface area contributed by atoms with Crippen LogP contribution in [0.25, 0.3) is 5.95 Å². The lowest BCUT2D eigenvalue weighted by molar-refractivity contribution is -0.137. The number of methoxy groups -OCH3 is 1. The number of hydrogen-bond acceptors (Lipinski definition) is 8. The Hall–Kier alpha value is -4.93. The fourth-order valence-electron chi connectivity index (χ4n) is 4.56. The number of nitrogens with one attached hydrogen (secondary N) is 1. The molecule has 4 aromatic rings. The Balaban J connectivity index is 1.27. The number of anilines is 1. The summed E-state index contributed by atoms with van der Waals surface area (Å²) in [6.07, 6.45) is 6.91. The second-order valence-electron chi connectivity index (χ2n) is 9.30. The summed E-state index contributed by atoms with van der Waals surface area (Å²) in [6.45, 7) is 1.70. The van der Waals surface area contributed by atoms with Gasteiger partial charge in [0.2, 0.25) is 11.9 Å². The molecule has 0 radical (unpaired) electrons. The second-order valence-corrected chi connectivity index (χ2v) is 9.30. The van der Waals surface area contributed by atoms with Gasteiger partial charge in [0.15, 0.2) is 6.61 Å². The number of carbonyl (C=O) groups excluding carboxylic acids is 2. The summed E-state index contributed by atoms with van der Waals surface area (Å²) in [6, 6.07) is 18.2. The molecule has 1 fully saturated rings. The molecular weight excluding hydrogens is 510 g/mol. The van der Waals surface area contributed by atoms with E-state index in [0.717, 1.165) is 17.1 Å². The van der Waals surface area contributed by atoms with Crippen LogP contribution in [0.4, 0.5) is 5.82 Å². The van der Waals surface area contributed by atoms with Crippen molar-refractivity contribution in [3.8, 4) is 17.4 Å². The molecule has 40 heavy (non-hydrogen) atoms. The quantitative estimate of drug-likeness (QED) is 0.326. The number of carbonyl (C=O) groups is 2. The summed E-state index contributed by atoms with van der Waals surface area (Å²) in [7, 11) is 1.61. The summed E-state index contributed by atoms with van der Waals surface area (Å²) in [5.41, 5.74) is 0.955. The standard InChI is InChI=1S/C29H31N7O4/c1-39-24-9-7-22(8-10-24)18-32-27(37)17-23-19-34(26-11-12-31-29(33-26)35-14-13-30-21-35)15-16-36(23)28(38)20-40-25-5-3-2-4-6-25/h2-14,21,23H,15-20H2,1H3,(H,32,37). The first-order valence-electron chi connectivity index (χ1n) is 13.0. The summed E-state index contributed by atoms with van der Waals surface area (Å²) in [4.78, 5) is 43.2. The Morgan fingerprint density at radius 2 is 1.82 bits per heavy atom. The van der Waals surface area contributed by atoms with E-state index in [2.05, 4.69) is 25.2 Å². The van der Waals surface area contributed by atoms with Crippen molar-refractivity contribution in [2.24, 2.45) is 0 Å². The normalized spacial score (nSPS) is 15.0. The van der Waals surface area contributed by atoms with Crippen molar-refractivity contribution in [1.29, 1.82) is 0 Å². The van der Waals surface area contributed by atoms with Crippen LogP contribution in [0, 0.1) is 0 Å². The van der Waals surface area contributed by atoms with E-state index >= 15 is 0 Å². The molecule has 11 heteroatoms.